The number of hydrogen-bond acceptors (Lipinski definition) is 3. The van der Waals surface area contributed by atoms with Gasteiger partial charge in [0.25, 0.3) is 0 Å². The van der Waals surface area contributed by atoms with Crippen LogP contribution < -0.4 is 5.32 Å². The van der Waals surface area contributed by atoms with Gasteiger partial charge in [-0.25, -0.2) is 0 Å². The van der Waals surface area contributed by atoms with Crippen LogP contribution in [0.15, 0.2) is 22.8 Å². The minimum atomic E-state index is -0.193. The Morgan fingerprint density at radius 1 is 1.57 bits per heavy atom. The highest BCUT2D eigenvalue weighted by atomic mass is 16.5. The van der Waals surface area contributed by atoms with Crippen molar-refractivity contribution in [1.29, 1.82) is 0 Å². The summed E-state index contributed by atoms with van der Waals surface area (Å²) in [4.78, 5) is 0. The lowest BCUT2D eigenvalue weighted by atomic mass is 9.95. The van der Waals surface area contributed by atoms with Crippen molar-refractivity contribution in [2.75, 3.05) is 14.2 Å². The summed E-state index contributed by atoms with van der Waals surface area (Å²) in [5.74, 6) is 0.981. The number of methoxy groups -OCH3 is 1. The van der Waals surface area contributed by atoms with Crippen molar-refractivity contribution >= 4 is 0 Å². The van der Waals surface area contributed by atoms with Gasteiger partial charge in [-0.2, -0.15) is 0 Å². The minimum Gasteiger partial charge on any atom is -0.469 e. The monoisotopic (exact) mass is 197 g/mol. The van der Waals surface area contributed by atoms with E-state index < -0.39 is 0 Å². The first-order chi connectivity index (χ1) is 6.60. The summed E-state index contributed by atoms with van der Waals surface area (Å²) in [7, 11) is 3.67. The molecule has 0 aliphatic rings. The highest BCUT2D eigenvalue weighted by molar-refractivity contribution is 5.03. The molecule has 1 heterocycles. The Balaban J connectivity index is 2.64. The molecule has 14 heavy (non-hydrogen) atoms. The summed E-state index contributed by atoms with van der Waals surface area (Å²) in [5.41, 5.74) is -0.193. The van der Waals surface area contributed by atoms with Crippen molar-refractivity contribution in [2.24, 2.45) is 0 Å². The van der Waals surface area contributed by atoms with E-state index in [0.29, 0.717) is 0 Å². The Hall–Kier alpha value is -0.800. The highest BCUT2D eigenvalue weighted by Crippen LogP contribution is 2.17. The first-order valence-electron chi connectivity index (χ1n) is 4.85. The molecule has 3 heteroatoms. The van der Waals surface area contributed by atoms with Gasteiger partial charge in [0, 0.05) is 19.6 Å². The van der Waals surface area contributed by atoms with Gasteiger partial charge in [0.15, 0.2) is 0 Å². The molecule has 1 rings (SSSR count). The van der Waals surface area contributed by atoms with E-state index in [1.807, 2.05) is 19.2 Å². The number of hydrogen-bond donors (Lipinski definition) is 1. The third kappa shape index (κ3) is 2.59. The molecule has 0 spiro atoms. The van der Waals surface area contributed by atoms with Crippen LogP contribution in [-0.2, 0) is 11.2 Å². The van der Waals surface area contributed by atoms with E-state index >= 15 is 0 Å². The molecule has 0 aliphatic heterocycles. The van der Waals surface area contributed by atoms with E-state index in [-0.39, 0.29) is 11.6 Å². The lowest BCUT2D eigenvalue weighted by Crippen LogP contribution is -2.47. The van der Waals surface area contributed by atoms with Crippen molar-refractivity contribution in [3.63, 3.8) is 0 Å². The van der Waals surface area contributed by atoms with Gasteiger partial charge in [-0.15, -0.1) is 0 Å². The number of nitrogens with one attached hydrogen (secondary N) is 1. The molecule has 80 valence electrons. The SMILES string of the molecule is CNC(Cc1ccco1)C(C)(C)OC. The average molecular weight is 197 g/mol. The Morgan fingerprint density at radius 3 is 2.71 bits per heavy atom. The second-order valence-corrected chi connectivity index (χ2v) is 3.93. The second-order valence-electron chi connectivity index (χ2n) is 3.93. The molecule has 3 nitrogen and oxygen atoms in total. The van der Waals surface area contributed by atoms with Gasteiger partial charge in [-0.3, -0.25) is 0 Å². The molecule has 0 aliphatic carbocycles. The fourth-order valence-corrected chi connectivity index (χ4v) is 1.47. The maximum Gasteiger partial charge on any atom is 0.105 e. The maximum atomic E-state index is 5.44. The molecule has 1 aromatic rings. The van der Waals surface area contributed by atoms with Crippen LogP contribution in [0.5, 0.6) is 0 Å². The summed E-state index contributed by atoms with van der Waals surface area (Å²) in [5, 5.41) is 3.25. The zero-order chi connectivity index (χ0) is 10.6. The molecule has 1 aromatic heterocycles. The first-order valence-corrected chi connectivity index (χ1v) is 4.85. The van der Waals surface area contributed by atoms with Crippen molar-refractivity contribution in [3.8, 4) is 0 Å². The Morgan fingerprint density at radius 2 is 2.29 bits per heavy atom. The quantitative estimate of drug-likeness (QED) is 0.782. The van der Waals surface area contributed by atoms with Gasteiger partial charge in [0.1, 0.15) is 5.76 Å². The summed E-state index contributed by atoms with van der Waals surface area (Å²) in [6.07, 6.45) is 2.53. The van der Waals surface area contributed by atoms with Crippen LogP contribution >= 0.6 is 0 Å². The average Bonchev–Trinajstić information content (AvgIpc) is 2.66. The number of ether oxygens (including phenoxy) is 1. The van der Waals surface area contributed by atoms with Crippen molar-refractivity contribution < 1.29 is 9.15 Å². The Labute approximate surface area is 85.4 Å². The van der Waals surface area contributed by atoms with Gasteiger partial charge in [-0.05, 0) is 33.0 Å². The van der Waals surface area contributed by atoms with E-state index in [9.17, 15) is 0 Å². The van der Waals surface area contributed by atoms with Gasteiger partial charge in [-0.1, -0.05) is 0 Å². The molecule has 0 saturated heterocycles. The van der Waals surface area contributed by atoms with Gasteiger partial charge in [0.2, 0.25) is 0 Å². The summed E-state index contributed by atoms with van der Waals surface area (Å²) < 4.78 is 10.7. The molecular weight excluding hydrogens is 178 g/mol. The topological polar surface area (TPSA) is 34.4 Å². The number of furan rings is 1. The number of rotatable bonds is 5. The largest absolute Gasteiger partial charge is 0.469 e. The molecule has 1 unspecified atom stereocenters. The fraction of sp³-hybridized carbons (Fsp3) is 0.636. The van der Waals surface area contributed by atoms with E-state index in [1.165, 1.54) is 0 Å². The van der Waals surface area contributed by atoms with E-state index in [4.69, 9.17) is 9.15 Å². The predicted octanol–water partition coefficient (Wildman–Crippen LogP) is 1.84. The second kappa shape index (κ2) is 4.62. The lowest BCUT2D eigenvalue weighted by molar-refractivity contribution is -0.00920. The minimum absolute atomic E-state index is 0.193. The molecule has 0 bridgehead atoms. The van der Waals surface area contributed by atoms with Crippen LogP contribution in [0.4, 0.5) is 0 Å². The van der Waals surface area contributed by atoms with Crippen molar-refractivity contribution in [1.82, 2.24) is 5.32 Å². The standard InChI is InChI=1S/C11H19NO2/c1-11(2,13-4)10(12-3)8-9-6-5-7-14-9/h5-7,10,12H,8H2,1-4H3. The molecule has 0 amide bonds. The van der Waals surface area contributed by atoms with Gasteiger partial charge < -0.3 is 14.5 Å². The van der Waals surface area contributed by atoms with Crippen LogP contribution in [0, 0.1) is 0 Å². The highest BCUT2D eigenvalue weighted by Gasteiger charge is 2.28. The molecule has 1 N–H and O–H groups in total. The van der Waals surface area contributed by atoms with Gasteiger partial charge in [0.05, 0.1) is 11.9 Å². The lowest BCUT2D eigenvalue weighted by Gasteiger charge is -2.32. The molecule has 0 fully saturated rings. The maximum absolute atomic E-state index is 5.44. The van der Waals surface area contributed by atoms with E-state index in [1.54, 1.807) is 13.4 Å². The third-order valence-corrected chi connectivity index (χ3v) is 2.70. The fourth-order valence-electron chi connectivity index (χ4n) is 1.47. The zero-order valence-corrected chi connectivity index (χ0v) is 9.33. The third-order valence-electron chi connectivity index (χ3n) is 2.70. The predicted molar refractivity (Wildman–Crippen MR) is 56.3 cm³/mol. The molecule has 0 radical (unpaired) electrons. The normalized spacial score (nSPS) is 14.3. The Bertz CT molecular complexity index is 254. The van der Waals surface area contributed by atoms with Crippen molar-refractivity contribution in [2.45, 2.75) is 31.9 Å². The zero-order valence-electron chi connectivity index (χ0n) is 9.33. The van der Waals surface area contributed by atoms with E-state index in [2.05, 4.69) is 19.2 Å². The molecule has 1 atom stereocenters. The van der Waals surface area contributed by atoms with Crippen LogP contribution in [0.2, 0.25) is 0 Å². The van der Waals surface area contributed by atoms with Crippen LogP contribution in [0.1, 0.15) is 19.6 Å². The first kappa shape index (κ1) is 11.3. The summed E-state index contributed by atoms with van der Waals surface area (Å²) >= 11 is 0. The van der Waals surface area contributed by atoms with Crippen LogP contribution in [0.3, 0.4) is 0 Å². The van der Waals surface area contributed by atoms with Crippen LogP contribution in [0.25, 0.3) is 0 Å². The smallest absolute Gasteiger partial charge is 0.105 e. The molecular formula is C11H19NO2. The van der Waals surface area contributed by atoms with Crippen LogP contribution in [-0.4, -0.2) is 25.8 Å². The Kier molecular flexibility index (Phi) is 3.72. The summed E-state index contributed by atoms with van der Waals surface area (Å²) in [6, 6.07) is 4.14. The van der Waals surface area contributed by atoms with Gasteiger partial charge >= 0.3 is 0 Å². The molecule has 0 saturated carbocycles. The summed E-state index contributed by atoms with van der Waals surface area (Å²) in [6.45, 7) is 4.13. The van der Waals surface area contributed by atoms with E-state index in [0.717, 1.165) is 12.2 Å². The molecule has 0 aromatic carbocycles. The van der Waals surface area contributed by atoms with Crippen molar-refractivity contribution in [3.05, 3.63) is 24.2 Å². The number of likely N-dealkylation sites (N-methyl/N-ethyl adjacent to an activating group) is 1.